The predicted octanol–water partition coefficient (Wildman–Crippen LogP) is 9.94. The Morgan fingerprint density at radius 3 is 2.11 bits per heavy atom. The van der Waals surface area contributed by atoms with E-state index >= 15 is 0 Å². The summed E-state index contributed by atoms with van der Waals surface area (Å²) in [6.07, 6.45) is 16.8. The molecule has 184 valence electrons. The van der Waals surface area contributed by atoms with Crippen molar-refractivity contribution in [3.05, 3.63) is 136 Å². The molecule has 3 aliphatic carbocycles. The SMILES string of the molecule is CC1=CC(c2ccc(C(C)(C)C)cc2)=CC1[Si](C)(C)C1C(C)=CC2=C1C=CC=CC2c1ccccc1. The van der Waals surface area contributed by atoms with E-state index in [4.69, 9.17) is 0 Å². The van der Waals surface area contributed by atoms with Gasteiger partial charge in [-0.05, 0) is 58.2 Å². The molecule has 0 bridgehead atoms. The number of hydrogen-bond donors (Lipinski definition) is 0. The molecule has 2 aromatic rings. The van der Waals surface area contributed by atoms with Gasteiger partial charge in [-0.15, -0.1) is 0 Å². The van der Waals surface area contributed by atoms with Crippen molar-refractivity contribution in [1.29, 1.82) is 0 Å². The second-order valence-electron chi connectivity index (χ2n) is 12.5. The quantitative estimate of drug-likeness (QED) is 0.376. The van der Waals surface area contributed by atoms with Gasteiger partial charge in [-0.1, -0.05) is 142 Å². The van der Waals surface area contributed by atoms with E-state index < -0.39 is 8.07 Å². The number of rotatable bonds is 4. The highest BCUT2D eigenvalue weighted by atomic mass is 28.3. The summed E-state index contributed by atoms with van der Waals surface area (Å²) in [4.78, 5) is 0. The molecular formula is C35H40Si. The normalized spacial score (nSPS) is 23.9. The van der Waals surface area contributed by atoms with Crippen molar-refractivity contribution in [3.63, 3.8) is 0 Å². The van der Waals surface area contributed by atoms with Gasteiger partial charge in [0.2, 0.25) is 0 Å². The van der Waals surface area contributed by atoms with Crippen LogP contribution in [0.25, 0.3) is 5.57 Å². The fourth-order valence-corrected chi connectivity index (χ4v) is 11.2. The van der Waals surface area contributed by atoms with Crippen molar-refractivity contribution in [2.45, 2.75) is 70.1 Å². The molecule has 0 aromatic heterocycles. The van der Waals surface area contributed by atoms with Gasteiger partial charge in [-0.25, -0.2) is 0 Å². The van der Waals surface area contributed by atoms with E-state index in [1.165, 1.54) is 33.4 Å². The van der Waals surface area contributed by atoms with Crippen LogP contribution in [0.4, 0.5) is 0 Å². The molecule has 0 saturated heterocycles. The summed E-state index contributed by atoms with van der Waals surface area (Å²) < 4.78 is 0. The Balaban J connectivity index is 1.49. The van der Waals surface area contributed by atoms with Crippen LogP contribution in [-0.2, 0) is 5.41 Å². The third kappa shape index (κ3) is 4.39. The Morgan fingerprint density at radius 1 is 0.750 bits per heavy atom. The van der Waals surface area contributed by atoms with E-state index in [0.717, 1.165) is 0 Å². The number of allylic oxidation sites excluding steroid dienone is 12. The van der Waals surface area contributed by atoms with Gasteiger partial charge < -0.3 is 0 Å². The summed E-state index contributed by atoms with van der Waals surface area (Å²) in [5.74, 6) is 0.327. The Labute approximate surface area is 219 Å². The summed E-state index contributed by atoms with van der Waals surface area (Å²) in [7, 11) is -1.79. The van der Waals surface area contributed by atoms with E-state index in [-0.39, 0.29) is 5.41 Å². The van der Waals surface area contributed by atoms with Crippen molar-refractivity contribution < 1.29 is 0 Å². The minimum atomic E-state index is -1.79. The molecule has 3 atom stereocenters. The van der Waals surface area contributed by atoms with Gasteiger partial charge in [-0.3, -0.25) is 0 Å². The van der Waals surface area contributed by atoms with Crippen LogP contribution in [0.3, 0.4) is 0 Å². The first kappa shape index (κ1) is 24.8. The Bertz CT molecular complexity index is 1330. The highest BCUT2D eigenvalue weighted by molar-refractivity contribution is 6.83. The third-order valence-corrected chi connectivity index (χ3v) is 13.0. The molecule has 0 fully saturated rings. The number of benzene rings is 2. The van der Waals surface area contributed by atoms with Crippen molar-refractivity contribution in [1.82, 2.24) is 0 Å². The van der Waals surface area contributed by atoms with E-state index in [1.54, 1.807) is 11.1 Å². The maximum atomic E-state index is 2.61. The topological polar surface area (TPSA) is 0 Å². The van der Waals surface area contributed by atoms with Gasteiger partial charge in [0.1, 0.15) is 0 Å². The fourth-order valence-electron chi connectivity index (χ4n) is 6.68. The third-order valence-electron chi connectivity index (χ3n) is 8.52. The van der Waals surface area contributed by atoms with Crippen molar-refractivity contribution in [2.75, 3.05) is 0 Å². The number of hydrogen-bond acceptors (Lipinski definition) is 0. The Hall–Kier alpha value is -2.90. The van der Waals surface area contributed by atoms with Crippen LogP contribution < -0.4 is 0 Å². The zero-order valence-electron chi connectivity index (χ0n) is 23.0. The molecule has 0 radical (unpaired) electrons. The Morgan fingerprint density at radius 2 is 1.44 bits per heavy atom. The summed E-state index contributed by atoms with van der Waals surface area (Å²) >= 11 is 0. The van der Waals surface area contributed by atoms with E-state index in [0.29, 0.717) is 17.0 Å². The van der Waals surface area contributed by atoms with E-state index in [1.807, 2.05) is 0 Å². The summed E-state index contributed by atoms with van der Waals surface area (Å²) in [5, 5.41) is 0. The van der Waals surface area contributed by atoms with Crippen LogP contribution in [0.1, 0.15) is 57.2 Å². The molecule has 0 amide bonds. The van der Waals surface area contributed by atoms with Crippen LogP contribution >= 0.6 is 0 Å². The van der Waals surface area contributed by atoms with Crippen LogP contribution in [0, 0.1) is 0 Å². The monoisotopic (exact) mass is 488 g/mol. The molecule has 0 spiro atoms. The molecule has 3 aliphatic rings. The minimum absolute atomic E-state index is 0.183. The zero-order chi connectivity index (χ0) is 25.7. The van der Waals surface area contributed by atoms with Gasteiger partial charge in [0.05, 0.1) is 8.07 Å². The summed E-state index contributed by atoms with van der Waals surface area (Å²) in [6.45, 7) is 16.8. The lowest BCUT2D eigenvalue weighted by Gasteiger charge is -2.38. The average Bonchev–Trinajstić information content (AvgIpc) is 3.33. The van der Waals surface area contributed by atoms with Gasteiger partial charge >= 0.3 is 0 Å². The highest BCUT2D eigenvalue weighted by Gasteiger charge is 2.45. The molecule has 0 aliphatic heterocycles. The molecule has 0 nitrogen and oxygen atoms in total. The lowest BCUT2D eigenvalue weighted by atomic mass is 9.86. The highest BCUT2D eigenvalue weighted by Crippen LogP contribution is 2.55. The lowest BCUT2D eigenvalue weighted by Crippen LogP contribution is -2.38. The molecule has 0 heterocycles. The molecule has 5 rings (SSSR count). The van der Waals surface area contributed by atoms with Crippen molar-refractivity contribution in [3.8, 4) is 0 Å². The zero-order valence-corrected chi connectivity index (χ0v) is 24.0. The standard InChI is InChI=1S/C35H40Si/c1-24-21-28(26-17-19-29(20-18-26)35(3,4)5)23-33(24)36(6,7)34-25(2)22-32-30(15-11-12-16-31(32)34)27-13-9-8-10-14-27/h8-23,30,33-34H,1-7H3. The van der Waals surface area contributed by atoms with Gasteiger partial charge in [0.25, 0.3) is 0 Å². The fraction of sp³-hybridized carbons (Fsp3) is 0.314. The van der Waals surface area contributed by atoms with Crippen molar-refractivity contribution in [2.24, 2.45) is 0 Å². The molecule has 3 unspecified atom stereocenters. The Kier molecular flexibility index (Phi) is 6.33. The van der Waals surface area contributed by atoms with Crippen LogP contribution in [-0.4, -0.2) is 8.07 Å². The smallest absolute Gasteiger partial charge is 0.0714 e. The largest absolute Gasteiger partial charge is 0.0726 e. The molecule has 36 heavy (non-hydrogen) atoms. The predicted molar refractivity (Wildman–Crippen MR) is 160 cm³/mol. The van der Waals surface area contributed by atoms with Crippen LogP contribution in [0.15, 0.2) is 119 Å². The van der Waals surface area contributed by atoms with Crippen molar-refractivity contribution >= 4 is 13.6 Å². The molecule has 2 aromatic carbocycles. The lowest BCUT2D eigenvalue weighted by molar-refractivity contribution is 0.590. The van der Waals surface area contributed by atoms with E-state index in [2.05, 4.69) is 145 Å². The maximum absolute atomic E-state index is 2.61. The molecule has 0 saturated carbocycles. The first-order valence-corrected chi connectivity index (χ1v) is 16.6. The average molecular weight is 489 g/mol. The first-order valence-electron chi connectivity index (χ1n) is 13.4. The van der Waals surface area contributed by atoms with Gasteiger partial charge in [-0.2, -0.15) is 0 Å². The maximum Gasteiger partial charge on any atom is 0.0714 e. The minimum Gasteiger partial charge on any atom is -0.0726 e. The molecule has 0 N–H and O–H groups in total. The van der Waals surface area contributed by atoms with Gasteiger partial charge in [0.15, 0.2) is 0 Å². The molecular weight excluding hydrogens is 448 g/mol. The van der Waals surface area contributed by atoms with E-state index in [9.17, 15) is 0 Å². The summed E-state index contributed by atoms with van der Waals surface area (Å²) in [5.41, 5.74) is 12.9. The summed E-state index contributed by atoms with van der Waals surface area (Å²) in [6, 6.07) is 20.2. The molecule has 1 heteroatoms. The van der Waals surface area contributed by atoms with Gasteiger partial charge in [0, 0.05) is 11.5 Å². The first-order chi connectivity index (χ1) is 17.1. The second kappa shape index (κ2) is 9.20. The second-order valence-corrected chi connectivity index (χ2v) is 17.3. The van der Waals surface area contributed by atoms with Crippen LogP contribution in [0.5, 0.6) is 0 Å². The van der Waals surface area contributed by atoms with Crippen LogP contribution in [0.2, 0.25) is 24.2 Å².